The molecule has 0 amide bonds. The van der Waals surface area contributed by atoms with Crippen LogP contribution in [0.4, 0.5) is 24.7 Å². The molecule has 3 rings (SSSR count). The minimum Gasteiger partial charge on any atom is -0.491 e. The van der Waals surface area contributed by atoms with Crippen LogP contribution in [0.5, 0.6) is 11.8 Å². The molecule has 0 aliphatic heterocycles. The summed E-state index contributed by atoms with van der Waals surface area (Å²) in [7, 11) is 0. The van der Waals surface area contributed by atoms with Gasteiger partial charge in [0.2, 0.25) is 0 Å². The number of hydrogen-bond acceptors (Lipinski definition) is 5. The molecule has 0 bridgehead atoms. The minimum absolute atomic E-state index is 0.0619. The summed E-state index contributed by atoms with van der Waals surface area (Å²) in [4.78, 5) is 9.37. The number of nitrogens with zero attached hydrogens (tertiary/aromatic N) is 3. The standard InChI is InChI=1S/C23H24F3N3O2/c1-4-29(18-11-8-12-19(13-18)31-16(2)3)21-20(23(24,25)26)14-27-22(28-21)30-15-17-9-6-5-7-10-17/h5-14,16H,4,15H2,1-3H3. The summed E-state index contributed by atoms with van der Waals surface area (Å²) in [6.07, 6.45) is -3.92. The highest BCUT2D eigenvalue weighted by Crippen LogP contribution is 2.39. The van der Waals surface area contributed by atoms with Gasteiger partial charge in [-0.15, -0.1) is 0 Å². The third kappa shape index (κ3) is 5.87. The lowest BCUT2D eigenvalue weighted by atomic mass is 10.2. The van der Waals surface area contributed by atoms with E-state index in [2.05, 4.69) is 9.97 Å². The van der Waals surface area contributed by atoms with E-state index in [1.165, 1.54) is 4.90 Å². The van der Waals surface area contributed by atoms with Crippen LogP contribution in [0.3, 0.4) is 0 Å². The summed E-state index contributed by atoms with van der Waals surface area (Å²) < 4.78 is 52.4. The van der Waals surface area contributed by atoms with Crippen molar-refractivity contribution in [2.24, 2.45) is 0 Å². The average molecular weight is 431 g/mol. The number of hydrogen-bond donors (Lipinski definition) is 0. The monoisotopic (exact) mass is 431 g/mol. The van der Waals surface area contributed by atoms with Crippen LogP contribution < -0.4 is 14.4 Å². The van der Waals surface area contributed by atoms with Gasteiger partial charge in [-0.25, -0.2) is 4.98 Å². The van der Waals surface area contributed by atoms with Crippen LogP contribution in [0.1, 0.15) is 31.9 Å². The van der Waals surface area contributed by atoms with E-state index in [1.54, 1.807) is 31.2 Å². The van der Waals surface area contributed by atoms with Crippen LogP contribution in [0, 0.1) is 0 Å². The second kappa shape index (κ2) is 9.68. The third-order valence-corrected chi connectivity index (χ3v) is 4.34. The molecule has 1 heterocycles. The summed E-state index contributed by atoms with van der Waals surface area (Å²) in [5.74, 6) is 0.295. The van der Waals surface area contributed by atoms with Gasteiger partial charge in [-0.2, -0.15) is 18.2 Å². The molecule has 0 saturated carbocycles. The predicted molar refractivity (Wildman–Crippen MR) is 113 cm³/mol. The first-order chi connectivity index (χ1) is 14.8. The molecule has 5 nitrogen and oxygen atoms in total. The van der Waals surface area contributed by atoms with E-state index < -0.39 is 11.7 Å². The lowest BCUT2D eigenvalue weighted by molar-refractivity contribution is -0.137. The largest absolute Gasteiger partial charge is 0.491 e. The van der Waals surface area contributed by atoms with Crippen molar-refractivity contribution in [3.8, 4) is 11.8 Å². The molecular weight excluding hydrogens is 407 g/mol. The zero-order valence-corrected chi connectivity index (χ0v) is 17.6. The highest BCUT2D eigenvalue weighted by Gasteiger charge is 2.37. The molecule has 31 heavy (non-hydrogen) atoms. The Kier molecular flexibility index (Phi) is 6.99. The molecule has 1 aromatic heterocycles. The first-order valence-electron chi connectivity index (χ1n) is 9.93. The summed E-state index contributed by atoms with van der Waals surface area (Å²) in [6.45, 7) is 5.92. The Hall–Kier alpha value is -3.29. The maximum absolute atomic E-state index is 13.7. The van der Waals surface area contributed by atoms with Crippen LogP contribution in [0.2, 0.25) is 0 Å². The van der Waals surface area contributed by atoms with E-state index in [4.69, 9.17) is 9.47 Å². The van der Waals surface area contributed by atoms with Crippen molar-refractivity contribution in [2.75, 3.05) is 11.4 Å². The summed E-state index contributed by atoms with van der Waals surface area (Å²) >= 11 is 0. The fourth-order valence-electron chi connectivity index (χ4n) is 3.01. The van der Waals surface area contributed by atoms with Crippen molar-refractivity contribution in [3.63, 3.8) is 0 Å². The van der Waals surface area contributed by atoms with E-state index in [0.29, 0.717) is 11.4 Å². The van der Waals surface area contributed by atoms with Crippen LogP contribution in [0.15, 0.2) is 60.8 Å². The molecular formula is C23H24F3N3O2. The van der Waals surface area contributed by atoms with Gasteiger partial charge in [0.15, 0.2) is 5.82 Å². The molecule has 0 radical (unpaired) electrons. The molecule has 0 unspecified atom stereocenters. The Morgan fingerprint density at radius 1 is 1.03 bits per heavy atom. The first kappa shape index (κ1) is 22.4. The zero-order chi connectivity index (χ0) is 22.4. The number of benzene rings is 2. The second-order valence-corrected chi connectivity index (χ2v) is 7.07. The molecule has 0 saturated heterocycles. The molecule has 3 aromatic rings. The van der Waals surface area contributed by atoms with Crippen LogP contribution in [0.25, 0.3) is 0 Å². The highest BCUT2D eigenvalue weighted by atomic mass is 19.4. The van der Waals surface area contributed by atoms with Gasteiger partial charge >= 0.3 is 12.2 Å². The Bertz CT molecular complexity index is 995. The molecule has 0 aliphatic rings. The van der Waals surface area contributed by atoms with Crippen LogP contribution >= 0.6 is 0 Å². The normalized spacial score (nSPS) is 11.5. The molecule has 2 aromatic carbocycles. The molecule has 0 aliphatic carbocycles. The number of anilines is 2. The van der Waals surface area contributed by atoms with Crippen molar-refractivity contribution in [1.82, 2.24) is 9.97 Å². The Balaban J connectivity index is 1.97. The Morgan fingerprint density at radius 3 is 2.42 bits per heavy atom. The molecule has 8 heteroatoms. The summed E-state index contributed by atoms with van der Waals surface area (Å²) in [5.41, 5.74) is 0.453. The van der Waals surface area contributed by atoms with E-state index >= 15 is 0 Å². The Morgan fingerprint density at radius 2 is 1.77 bits per heavy atom. The quantitative estimate of drug-likeness (QED) is 0.437. The Labute approximate surface area is 179 Å². The van der Waals surface area contributed by atoms with Gasteiger partial charge in [-0.1, -0.05) is 36.4 Å². The topological polar surface area (TPSA) is 47.5 Å². The lowest BCUT2D eigenvalue weighted by Gasteiger charge is -2.26. The molecule has 0 spiro atoms. The van der Waals surface area contributed by atoms with Gasteiger partial charge in [0.05, 0.1) is 6.10 Å². The number of aromatic nitrogens is 2. The van der Waals surface area contributed by atoms with E-state index in [9.17, 15) is 13.2 Å². The van der Waals surface area contributed by atoms with E-state index in [-0.39, 0.29) is 31.1 Å². The van der Waals surface area contributed by atoms with Gasteiger partial charge < -0.3 is 14.4 Å². The number of rotatable bonds is 8. The van der Waals surface area contributed by atoms with Gasteiger partial charge in [-0.3, -0.25) is 0 Å². The molecule has 0 fully saturated rings. The SMILES string of the molecule is CCN(c1cccc(OC(C)C)c1)c1nc(OCc2ccccc2)ncc1C(F)(F)F. The zero-order valence-electron chi connectivity index (χ0n) is 17.6. The number of halogens is 3. The fraction of sp³-hybridized carbons (Fsp3) is 0.304. The summed E-state index contributed by atoms with van der Waals surface area (Å²) in [5, 5.41) is 0. The predicted octanol–water partition coefficient (Wildman–Crippen LogP) is 6.02. The molecule has 0 atom stereocenters. The van der Waals surface area contributed by atoms with E-state index in [1.807, 2.05) is 44.2 Å². The van der Waals surface area contributed by atoms with Crippen molar-refractivity contribution in [3.05, 3.63) is 71.9 Å². The van der Waals surface area contributed by atoms with Crippen molar-refractivity contribution >= 4 is 11.5 Å². The van der Waals surface area contributed by atoms with Crippen molar-refractivity contribution in [2.45, 2.75) is 39.7 Å². The van der Waals surface area contributed by atoms with Gasteiger partial charge in [-0.05, 0) is 38.5 Å². The number of alkyl halides is 3. The average Bonchev–Trinajstić information content (AvgIpc) is 2.73. The summed E-state index contributed by atoms with van der Waals surface area (Å²) in [6, 6.07) is 16.0. The fourth-order valence-corrected chi connectivity index (χ4v) is 3.01. The minimum atomic E-state index is -4.62. The lowest BCUT2D eigenvalue weighted by Crippen LogP contribution is -2.23. The van der Waals surface area contributed by atoms with Gasteiger partial charge in [0, 0.05) is 24.5 Å². The smallest absolute Gasteiger partial charge is 0.421 e. The van der Waals surface area contributed by atoms with Crippen molar-refractivity contribution in [1.29, 1.82) is 0 Å². The second-order valence-electron chi connectivity index (χ2n) is 7.07. The molecule has 0 N–H and O–H groups in total. The van der Waals surface area contributed by atoms with Crippen LogP contribution in [-0.2, 0) is 12.8 Å². The highest BCUT2D eigenvalue weighted by molar-refractivity contribution is 5.64. The molecule has 164 valence electrons. The maximum Gasteiger partial charge on any atom is 0.421 e. The van der Waals surface area contributed by atoms with E-state index in [0.717, 1.165) is 11.8 Å². The third-order valence-electron chi connectivity index (χ3n) is 4.34. The van der Waals surface area contributed by atoms with Crippen LogP contribution in [-0.4, -0.2) is 22.6 Å². The van der Waals surface area contributed by atoms with Gasteiger partial charge in [0.1, 0.15) is 17.9 Å². The maximum atomic E-state index is 13.7. The van der Waals surface area contributed by atoms with Crippen molar-refractivity contribution < 1.29 is 22.6 Å². The number of ether oxygens (including phenoxy) is 2. The first-order valence-corrected chi connectivity index (χ1v) is 9.93. The van der Waals surface area contributed by atoms with Gasteiger partial charge in [0.25, 0.3) is 0 Å².